The number of aliphatic imine (C=N–C) groups is 1. The van der Waals surface area contributed by atoms with E-state index >= 15 is 0 Å². The third-order valence-electron chi connectivity index (χ3n) is 7.68. The van der Waals surface area contributed by atoms with Crippen LogP contribution in [0.3, 0.4) is 0 Å². The molecule has 0 aliphatic carbocycles. The van der Waals surface area contributed by atoms with Crippen LogP contribution in [-0.4, -0.2) is 29.4 Å². The van der Waals surface area contributed by atoms with Crippen LogP contribution in [0.1, 0.15) is 35.3 Å². The second-order valence-corrected chi connectivity index (χ2v) is 11.2. The van der Waals surface area contributed by atoms with Gasteiger partial charge in [0.25, 0.3) is 0 Å². The molecule has 0 amide bonds. The molecule has 186 valence electrons. The average Bonchev–Trinajstić information content (AvgIpc) is 3.07. The Morgan fingerprint density at radius 3 is 2.54 bits per heavy atom. The van der Waals surface area contributed by atoms with Crippen molar-refractivity contribution in [1.29, 1.82) is 0 Å². The first-order valence-corrected chi connectivity index (χ1v) is 13.9. The van der Waals surface area contributed by atoms with Crippen LogP contribution in [-0.2, 0) is 11.8 Å². The number of benzene rings is 4. The van der Waals surface area contributed by atoms with Gasteiger partial charge in [0, 0.05) is 22.5 Å². The maximum Gasteiger partial charge on any atom is 0.343 e. The van der Waals surface area contributed by atoms with E-state index in [9.17, 15) is 4.79 Å². The molecule has 2 aliphatic rings. The molecule has 4 aromatic carbocycles. The number of carbonyl (C=O) groups is 1. The van der Waals surface area contributed by atoms with Crippen molar-refractivity contribution in [2.24, 2.45) is 4.99 Å². The summed E-state index contributed by atoms with van der Waals surface area (Å²) >= 11 is 2.35. The molecule has 6 rings (SSSR count). The van der Waals surface area contributed by atoms with Crippen molar-refractivity contribution < 1.29 is 14.3 Å². The molecule has 2 heterocycles. The van der Waals surface area contributed by atoms with E-state index in [0.29, 0.717) is 17.1 Å². The van der Waals surface area contributed by atoms with E-state index in [1.807, 2.05) is 66.9 Å². The average molecular weight is 602 g/mol. The molecule has 5 nitrogen and oxygen atoms in total. The number of hydrogen-bond acceptors (Lipinski definition) is 5. The van der Waals surface area contributed by atoms with E-state index in [2.05, 4.69) is 66.6 Å². The molecule has 0 bridgehead atoms. The van der Waals surface area contributed by atoms with Gasteiger partial charge in [-0.25, -0.2) is 4.79 Å². The zero-order valence-electron chi connectivity index (χ0n) is 21.0. The zero-order valence-corrected chi connectivity index (χ0v) is 23.2. The number of halogens is 1. The molecule has 0 radical (unpaired) electrons. The molecule has 0 saturated heterocycles. The Bertz CT molecular complexity index is 1560. The monoisotopic (exact) mass is 602 g/mol. The SMILES string of the molecule is CN1c2ccccc2C(C)(C)C12C=Nc1c(ccc3ccc(OC(=O)c4ccc(CCI)cc4)cc13)O2. The maximum absolute atomic E-state index is 12.8. The molecule has 0 saturated carbocycles. The van der Waals surface area contributed by atoms with E-state index < -0.39 is 5.72 Å². The second-order valence-electron chi connectivity index (χ2n) is 10.1. The van der Waals surface area contributed by atoms with Crippen LogP contribution in [0.4, 0.5) is 11.4 Å². The van der Waals surface area contributed by atoms with E-state index in [4.69, 9.17) is 14.5 Å². The summed E-state index contributed by atoms with van der Waals surface area (Å²) < 4.78 is 13.6. The van der Waals surface area contributed by atoms with Crippen LogP contribution < -0.4 is 14.4 Å². The largest absolute Gasteiger partial charge is 0.459 e. The van der Waals surface area contributed by atoms with Crippen molar-refractivity contribution in [3.63, 3.8) is 0 Å². The van der Waals surface area contributed by atoms with E-state index in [-0.39, 0.29) is 11.4 Å². The van der Waals surface area contributed by atoms with Crippen molar-refractivity contribution in [1.82, 2.24) is 0 Å². The number of fused-ring (bicyclic) bond motifs is 4. The summed E-state index contributed by atoms with van der Waals surface area (Å²) in [6.45, 7) is 4.39. The lowest BCUT2D eigenvalue weighted by Crippen LogP contribution is -2.61. The number of para-hydroxylation sites is 1. The lowest BCUT2D eigenvalue weighted by atomic mass is 9.77. The van der Waals surface area contributed by atoms with Crippen LogP contribution in [0.2, 0.25) is 0 Å². The molecule has 1 atom stereocenters. The minimum Gasteiger partial charge on any atom is -0.459 e. The number of alkyl halides is 1. The van der Waals surface area contributed by atoms with E-state index in [0.717, 1.165) is 33.0 Å². The molecule has 2 aliphatic heterocycles. The fourth-order valence-electron chi connectivity index (χ4n) is 5.50. The van der Waals surface area contributed by atoms with Crippen LogP contribution in [0.15, 0.2) is 83.9 Å². The molecule has 4 aromatic rings. The summed E-state index contributed by atoms with van der Waals surface area (Å²) in [6, 6.07) is 25.6. The number of carbonyl (C=O) groups excluding carboxylic acids is 1. The quantitative estimate of drug-likeness (QED) is 0.107. The van der Waals surface area contributed by atoms with Crippen molar-refractivity contribution in [3.8, 4) is 11.5 Å². The van der Waals surface area contributed by atoms with Crippen LogP contribution in [0, 0.1) is 0 Å². The Morgan fingerprint density at radius 1 is 1.03 bits per heavy atom. The number of esters is 1. The van der Waals surface area contributed by atoms with Crippen molar-refractivity contribution in [2.45, 2.75) is 31.4 Å². The van der Waals surface area contributed by atoms with Gasteiger partial charge >= 0.3 is 5.97 Å². The fraction of sp³-hybridized carbons (Fsp3) is 0.226. The Morgan fingerprint density at radius 2 is 1.78 bits per heavy atom. The number of anilines is 1. The van der Waals surface area contributed by atoms with Gasteiger partial charge in [-0.3, -0.25) is 4.99 Å². The highest BCUT2D eigenvalue weighted by atomic mass is 127. The lowest BCUT2D eigenvalue weighted by molar-refractivity contribution is 0.0735. The van der Waals surface area contributed by atoms with E-state index in [1.165, 1.54) is 11.1 Å². The summed E-state index contributed by atoms with van der Waals surface area (Å²) in [5, 5.41) is 1.88. The normalized spacial score (nSPS) is 19.0. The van der Waals surface area contributed by atoms with Crippen LogP contribution in [0.25, 0.3) is 10.8 Å². The minimum absolute atomic E-state index is 0.321. The highest BCUT2D eigenvalue weighted by Gasteiger charge is 2.58. The van der Waals surface area contributed by atoms with Gasteiger partial charge in [-0.2, -0.15) is 0 Å². The predicted octanol–water partition coefficient (Wildman–Crippen LogP) is 7.26. The topological polar surface area (TPSA) is 51.1 Å². The third-order valence-corrected chi connectivity index (χ3v) is 8.22. The Labute approximate surface area is 230 Å². The van der Waals surface area contributed by atoms with Gasteiger partial charge in [0.2, 0.25) is 5.72 Å². The zero-order chi connectivity index (χ0) is 25.8. The first kappa shape index (κ1) is 24.0. The highest BCUT2D eigenvalue weighted by molar-refractivity contribution is 14.1. The van der Waals surface area contributed by atoms with Crippen LogP contribution in [0.5, 0.6) is 11.5 Å². The molecule has 6 heteroatoms. The number of rotatable bonds is 4. The van der Waals surface area contributed by atoms with Crippen LogP contribution >= 0.6 is 22.6 Å². The summed E-state index contributed by atoms with van der Waals surface area (Å²) in [6.07, 6.45) is 2.90. The summed E-state index contributed by atoms with van der Waals surface area (Å²) in [5.41, 5.74) is 3.77. The molecule has 0 N–H and O–H groups in total. The number of aryl methyl sites for hydroxylation is 1. The molecular formula is C31H27IN2O3. The van der Waals surface area contributed by atoms with Gasteiger partial charge in [-0.1, -0.05) is 65.1 Å². The van der Waals surface area contributed by atoms with Gasteiger partial charge < -0.3 is 14.4 Å². The van der Waals surface area contributed by atoms with E-state index in [1.54, 1.807) is 0 Å². The Balaban J connectivity index is 1.33. The Kier molecular flexibility index (Phi) is 5.75. The number of likely N-dealkylation sites (N-methyl/N-ethyl adjacent to an activating group) is 1. The Hall–Kier alpha value is -3.39. The number of nitrogens with zero attached hydrogens (tertiary/aromatic N) is 2. The minimum atomic E-state index is -0.745. The lowest BCUT2D eigenvalue weighted by Gasteiger charge is -2.45. The summed E-state index contributed by atoms with van der Waals surface area (Å²) in [5.74, 6) is 0.802. The standard InChI is InChI=1S/C31H27IN2O3/c1-30(2)25-6-4-5-7-26(25)34(3)31(30)19-33-28-24-18-23(14-12-21(24)13-15-27(28)37-31)36-29(35)22-10-8-20(9-11-22)16-17-32/h4-15,18-19H,16-17H2,1-3H3. The van der Waals surface area contributed by atoms with Crippen molar-refractivity contribution >= 4 is 56.9 Å². The van der Waals surface area contributed by atoms with Crippen molar-refractivity contribution in [3.05, 3.63) is 95.6 Å². The third kappa shape index (κ3) is 3.72. The maximum atomic E-state index is 12.8. The van der Waals surface area contributed by atoms with Gasteiger partial charge in [-0.15, -0.1) is 0 Å². The smallest absolute Gasteiger partial charge is 0.343 e. The number of ether oxygens (including phenoxy) is 2. The first-order valence-electron chi connectivity index (χ1n) is 12.4. The molecule has 0 aromatic heterocycles. The highest BCUT2D eigenvalue weighted by Crippen LogP contribution is 2.54. The van der Waals surface area contributed by atoms with Gasteiger partial charge in [0.05, 0.1) is 17.2 Å². The molecule has 1 unspecified atom stereocenters. The van der Waals surface area contributed by atoms with Crippen molar-refractivity contribution in [2.75, 3.05) is 16.4 Å². The molecule has 1 spiro atoms. The summed E-state index contributed by atoms with van der Waals surface area (Å²) in [7, 11) is 2.05. The summed E-state index contributed by atoms with van der Waals surface area (Å²) in [4.78, 5) is 19.9. The van der Waals surface area contributed by atoms with Gasteiger partial charge in [0.1, 0.15) is 17.2 Å². The molecular weight excluding hydrogens is 575 g/mol. The fourth-order valence-corrected chi connectivity index (χ4v) is 6.12. The van der Waals surface area contributed by atoms with Gasteiger partial charge in [-0.05, 0) is 73.2 Å². The second kappa shape index (κ2) is 8.87. The molecule has 0 fully saturated rings. The predicted molar refractivity (Wildman–Crippen MR) is 157 cm³/mol. The van der Waals surface area contributed by atoms with Gasteiger partial charge in [0.15, 0.2) is 0 Å². The molecule has 37 heavy (non-hydrogen) atoms. The first-order chi connectivity index (χ1) is 17.8. The number of hydrogen-bond donors (Lipinski definition) is 0.